The minimum absolute atomic E-state index is 0.0447. The van der Waals surface area contributed by atoms with Gasteiger partial charge in [-0.05, 0) is 24.1 Å². The molecule has 0 amide bonds. The van der Waals surface area contributed by atoms with Crippen LogP contribution in [0.5, 0.6) is 0 Å². The summed E-state index contributed by atoms with van der Waals surface area (Å²) in [6.07, 6.45) is 0. The van der Waals surface area contributed by atoms with Crippen LogP contribution in [0.1, 0.15) is 17.2 Å². The Morgan fingerprint density at radius 1 is 1.35 bits per heavy atom. The molecule has 0 aromatic heterocycles. The molecule has 0 aliphatic carbocycles. The number of rotatable bonds is 3. The molecule has 1 fully saturated rings. The summed E-state index contributed by atoms with van der Waals surface area (Å²) in [6, 6.07) is 3.23. The lowest BCUT2D eigenvalue weighted by Gasteiger charge is -2.32. The Hall–Kier alpha value is -1.47. The molecule has 0 bridgehead atoms. The highest BCUT2D eigenvalue weighted by Gasteiger charge is 2.32. The van der Waals surface area contributed by atoms with E-state index in [1.54, 1.807) is 11.8 Å². The average molecular weight is 301 g/mol. The molecule has 1 atom stereocenters. The summed E-state index contributed by atoms with van der Waals surface area (Å²) in [5.41, 5.74) is 0.842. The molecule has 1 aromatic rings. The molecule has 1 aliphatic heterocycles. The van der Waals surface area contributed by atoms with Gasteiger partial charge in [-0.1, -0.05) is 12.1 Å². The Morgan fingerprint density at radius 3 is 2.45 bits per heavy atom. The van der Waals surface area contributed by atoms with Crippen LogP contribution in [0.25, 0.3) is 0 Å². The van der Waals surface area contributed by atoms with Crippen LogP contribution in [0.15, 0.2) is 18.2 Å². The second kappa shape index (κ2) is 5.49. The second-order valence-corrected chi connectivity index (χ2v) is 7.24. The molecule has 0 unspecified atom stereocenters. The lowest BCUT2D eigenvalue weighted by Crippen LogP contribution is -2.44. The van der Waals surface area contributed by atoms with Crippen LogP contribution in [0.2, 0.25) is 0 Å². The summed E-state index contributed by atoms with van der Waals surface area (Å²) in [4.78, 5) is 13.1. The summed E-state index contributed by atoms with van der Waals surface area (Å²) >= 11 is 0. The maximum atomic E-state index is 13.3. The van der Waals surface area contributed by atoms with Crippen LogP contribution in [-0.4, -0.2) is 49.0 Å². The molecule has 0 radical (unpaired) electrons. The number of hydrogen-bond acceptors (Lipinski definition) is 4. The minimum atomic E-state index is -3.07. The third-order valence-corrected chi connectivity index (χ3v) is 5.08. The molecule has 1 saturated heterocycles. The smallest absolute Gasteiger partial charge is 0.325 e. The third-order valence-electron chi connectivity index (χ3n) is 3.48. The molecule has 1 aromatic carbocycles. The monoisotopic (exact) mass is 301 g/mol. The molecular weight excluding hydrogens is 285 g/mol. The number of sulfone groups is 1. The van der Waals surface area contributed by atoms with E-state index in [2.05, 4.69) is 0 Å². The van der Waals surface area contributed by atoms with E-state index in [1.165, 1.54) is 18.2 Å². The fraction of sp³-hybridized carbons (Fsp3) is 0.462. The van der Waals surface area contributed by atoms with Crippen molar-refractivity contribution in [2.45, 2.75) is 13.0 Å². The highest BCUT2D eigenvalue weighted by molar-refractivity contribution is 7.91. The van der Waals surface area contributed by atoms with Crippen molar-refractivity contribution in [1.82, 2.24) is 4.90 Å². The van der Waals surface area contributed by atoms with Crippen molar-refractivity contribution in [3.8, 4) is 0 Å². The summed E-state index contributed by atoms with van der Waals surface area (Å²) in [6.45, 7) is 1.92. The number of carbonyl (C=O) groups is 1. The molecule has 20 heavy (non-hydrogen) atoms. The minimum Gasteiger partial charge on any atom is -0.480 e. The lowest BCUT2D eigenvalue weighted by molar-refractivity contribution is -0.143. The Bertz CT molecular complexity index is 615. The molecule has 0 spiro atoms. The zero-order valence-electron chi connectivity index (χ0n) is 11.0. The molecule has 7 heteroatoms. The van der Waals surface area contributed by atoms with E-state index < -0.39 is 21.8 Å². The molecule has 110 valence electrons. The number of aryl methyl sites for hydroxylation is 1. The number of hydrogen-bond donors (Lipinski definition) is 1. The summed E-state index contributed by atoms with van der Waals surface area (Å²) in [5, 5.41) is 9.38. The van der Waals surface area contributed by atoms with Gasteiger partial charge in [-0.25, -0.2) is 12.8 Å². The van der Waals surface area contributed by atoms with Gasteiger partial charge in [-0.15, -0.1) is 0 Å². The van der Waals surface area contributed by atoms with E-state index in [4.69, 9.17) is 0 Å². The van der Waals surface area contributed by atoms with E-state index in [9.17, 15) is 22.7 Å². The number of carboxylic acids is 1. The van der Waals surface area contributed by atoms with Crippen molar-refractivity contribution < 1.29 is 22.7 Å². The van der Waals surface area contributed by atoms with E-state index in [1.807, 2.05) is 0 Å². The lowest BCUT2D eigenvalue weighted by atomic mass is 10.0. The molecule has 5 nitrogen and oxygen atoms in total. The number of carboxylic acid groups (broad SMARTS) is 1. The van der Waals surface area contributed by atoms with Crippen LogP contribution < -0.4 is 0 Å². The normalized spacial score (nSPS) is 20.5. The maximum Gasteiger partial charge on any atom is 0.325 e. The molecule has 1 aliphatic rings. The maximum absolute atomic E-state index is 13.3. The molecule has 1 heterocycles. The first kappa shape index (κ1) is 14.9. The fourth-order valence-electron chi connectivity index (χ4n) is 2.33. The van der Waals surface area contributed by atoms with Gasteiger partial charge < -0.3 is 5.11 Å². The van der Waals surface area contributed by atoms with Crippen LogP contribution in [0, 0.1) is 12.7 Å². The van der Waals surface area contributed by atoms with Gasteiger partial charge >= 0.3 is 5.97 Å². The molecule has 2 rings (SSSR count). The Balaban J connectivity index is 2.28. The van der Waals surface area contributed by atoms with E-state index in [0.717, 1.165) is 0 Å². The van der Waals surface area contributed by atoms with Crippen molar-refractivity contribution in [2.24, 2.45) is 0 Å². The first-order chi connectivity index (χ1) is 9.30. The van der Waals surface area contributed by atoms with Gasteiger partial charge in [0, 0.05) is 13.1 Å². The third kappa shape index (κ3) is 3.16. The highest BCUT2D eigenvalue weighted by atomic mass is 32.2. The predicted octanol–water partition coefficient (Wildman–Crippen LogP) is 0.990. The second-order valence-electron chi connectivity index (χ2n) is 4.94. The fourth-order valence-corrected chi connectivity index (χ4v) is 3.56. The Morgan fingerprint density at radius 2 is 1.95 bits per heavy atom. The number of aliphatic carboxylic acids is 1. The quantitative estimate of drug-likeness (QED) is 0.901. The van der Waals surface area contributed by atoms with E-state index in [0.29, 0.717) is 11.1 Å². The number of halogens is 1. The standard InChI is InChI=1S/C13H16FNO4S/c1-9-8-10(2-3-11(9)14)12(13(16)17)15-4-6-20(18,19)7-5-15/h2-3,8,12H,4-7H2,1H3,(H,16,17)/t12-/m1/s1. The molecular formula is C13H16FNO4S. The van der Waals surface area contributed by atoms with E-state index >= 15 is 0 Å². The Labute approximate surface area is 116 Å². The van der Waals surface area contributed by atoms with Gasteiger partial charge in [-0.3, -0.25) is 9.69 Å². The van der Waals surface area contributed by atoms with Gasteiger partial charge in [0.1, 0.15) is 11.9 Å². The topological polar surface area (TPSA) is 74.7 Å². The summed E-state index contributed by atoms with van der Waals surface area (Å²) in [5.74, 6) is -1.54. The van der Waals surface area contributed by atoms with Crippen LogP contribution in [0.3, 0.4) is 0 Å². The Kier molecular flexibility index (Phi) is 4.10. The van der Waals surface area contributed by atoms with Crippen molar-refractivity contribution in [3.05, 3.63) is 35.1 Å². The van der Waals surface area contributed by atoms with Gasteiger partial charge in [0.2, 0.25) is 0 Å². The van der Waals surface area contributed by atoms with Crippen LogP contribution in [0.4, 0.5) is 4.39 Å². The predicted molar refractivity (Wildman–Crippen MR) is 71.7 cm³/mol. The van der Waals surface area contributed by atoms with E-state index in [-0.39, 0.29) is 30.4 Å². The van der Waals surface area contributed by atoms with Gasteiger partial charge in [0.25, 0.3) is 0 Å². The van der Waals surface area contributed by atoms with Crippen LogP contribution in [-0.2, 0) is 14.6 Å². The van der Waals surface area contributed by atoms with Gasteiger partial charge in [0.05, 0.1) is 11.5 Å². The van der Waals surface area contributed by atoms with Crippen molar-refractivity contribution in [2.75, 3.05) is 24.6 Å². The zero-order chi connectivity index (χ0) is 14.9. The SMILES string of the molecule is Cc1cc([C@H](C(=O)O)N2CCS(=O)(=O)CC2)ccc1F. The first-order valence-electron chi connectivity index (χ1n) is 6.23. The zero-order valence-corrected chi connectivity index (χ0v) is 11.9. The number of nitrogens with zero attached hydrogens (tertiary/aromatic N) is 1. The van der Waals surface area contributed by atoms with Crippen molar-refractivity contribution in [3.63, 3.8) is 0 Å². The first-order valence-corrected chi connectivity index (χ1v) is 8.05. The highest BCUT2D eigenvalue weighted by Crippen LogP contribution is 2.24. The van der Waals surface area contributed by atoms with Crippen molar-refractivity contribution in [1.29, 1.82) is 0 Å². The van der Waals surface area contributed by atoms with Gasteiger partial charge in [-0.2, -0.15) is 0 Å². The summed E-state index contributed by atoms with van der Waals surface area (Å²) in [7, 11) is -3.07. The van der Waals surface area contributed by atoms with Crippen molar-refractivity contribution >= 4 is 15.8 Å². The van der Waals surface area contributed by atoms with Crippen LogP contribution >= 0.6 is 0 Å². The number of benzene rings is 1. The van der Waals surface area contributed by atoms with Gasteiger partial charge in [0.15, 0.2) is 9.84 Å². The summed E-state index contributed by atoms with van der Waals surface area (Å²) < 4.78 is 36.1. The molecule has 1 N–H and O–H groups in total. The average Bonchev–Trinajstić information content (AvgIpc) is 2.35. The largest absolute Gasteiger partial charge is 0.480 e. The molecule has 0 saturated carbocycles.